The van der Waals surface area contributed by atoms with Crippen LogP contribution < -0.4 is 0 Å². The zero-order valence-electron chi connectivity index (χ0n) is 23.3. The maximum Gasteiger partial charge on any atom is -0.0140 e. The number of hydrogen-bond donors (Lipinski definition) is 0. The molecule has 0 amide bonds. The molecule has 0 aromatic rings. The molecule has 30 heavy (non-hydrogen) atoms. The Morgan fingerprint density at radius 3 is 1.83 bits per heavy atom. The van der Waals surface area contributed by atoms with E-state index in [9.17, 15) is 0 Å². The van der Waals surface area contributed by atoms with Crippen molar-refractivity contribution in [1.82, 2.24) is 0 Å². The molecular formula is C30H60. The normalized spacial score (nSPS) is 19.2. The van der Waals surface area contributed by atoms with Gasteiger partial charge in [0.2, 0.25) is 0 Å². The van der Waals surface area contributed by atoms with E-state index in [1.165, 1.54) is 51.4 Å². The molecule has 0 heteroatoms. The maximum absolute atomic E-state index is 2.45. The van der Waals surface area contributed by atoms with Crippen molar-refractivity contribution in [2.24, 2.45) is 22.7 Å². The molecule has 1 fully saturated rings. The molecule has 0 spiro atoms. The van der Waals surface area contributed by atoms with Gasteiger partial charge in [-0.25, -0.2) is 0 Å². The Morgan fingerprint density at radius 2 is 1.43 bits per heavy atom. The van der Waals surface area contributed by atoms with Crippen LogP contribution in [0.25, 0.3) is 0 Å². The van der Waals surface area contributed by atoms with Crippen LogP contribution in [0.2, 0.25) is 0 Å². The fourth-order valence-corrected chi connectivity index (χ4v) is 3.31. The summed E-state index contributed by atoms with van der Waals surface area (Å²) in [5.41, 5.74) is 0.827. The third-order valence-electron chi connectivity index (χ3n) is 4.87. The first kappa shape index (κ1) is 33.8. The molecule has 2 atom stereocenters. The minimum Gasteiger partial charge on any atom is -0.0911 e. The zero-order chi connectivity index (χ0) is 24.1. The van der Waals surface area contributed by atoms with Crippen LogP contribution in [0.1, 0.15) is 134 Å². The smallest absolute Gasteiger partial charge is 0.0140 e. The van der Waals surface area contributed by atoms with Crippen molar-refractivity contribution in [3.8, 4) is 0 Å². The van der Waals surface area contributed by atoms with E-state index < -0.39 is 0 Å². The van der Waals surface area contributed by atoms with E-state index in [0.29, 0.717) is 10.8 Å². The minimum atomic E-state index is 0.329. The molecule has 0 nitrogen and oxygen atoms in total. The summed E-state index contributed by atoms with van der Waals surface area (Å²) in [5.74, 6) is 1.81. The molecule has 1 rings (SSSR count). The second-order valence-corrected chi connectivity index (χ2v) is 10.5. The van der Waals surface area contributed by atoms with E-state index in [-0.39, 0.29) is 0 Å². The van der Waals surface area contributed by atoms with E-state index in [2.05, 4.69) is 106 Å². The van der Waals surface area contributed by atoms with Crippen LogP contribution in [-0.2, 0) is 0 Å². The van der Waals surface area contributed by atoms with Crippen LogP contribution in [-0.4, -0.2) is 0 Å². The predicted molar refractivity (Wildman–Crippen MR) is 144 cm³/mol. The molecule has 1 aliphatic rings. The van der Waals surface area contributed by atoms with Crippen LogP contribution in [0.5, 0.6) is 0 Å². The summed E-state index contributed by atoms with van der Waals surface area (Å²) in [4.78, 5) is 0. The summed E-state index contributed by atoms with van der Waals surface area (Å²) in [7, 11) is 0. The van der Waals surface area contributed by atoms with Gasteiger partial charge >= 0.3 is 0 Å². The standard InChI is InChI=1S/C15H26.C10H20.C3H8.C2H6/c1-5-10-15(3,4)11-6-7-14-9-8-13(2)12-14;1-5-6-7-8-9-10(2,3)4;1-3-2;1-2/h5-7,10,13-14H,8-9,11-12H2,1-4H3;6-7H,5,8-9H2,1-4H3;3H2,1-2H3;1-2H3/b7-6+,10-5+;7-6-;;. The minimum absolute atomic E-state index is 0.329. The SMILES string of the molecule is C/C=C/C(C)(C)C/C=C/C1CCC(C)C1.CC.CC/C=C\CCC(C)(C)C.CCC. The molecule has 1 saturated carbocycles. The summed E-state index contributed by atoms with van der Waals surface area (Å²) in [5, 5.41) is 0. The largest absolute Gasteiger partial charge is 0.0911 e. The molecular weight excluding hydrogens is 360 g/mol. The fourth-order valence-electron chi connectivity index (χ4n) is 3.31. The summed E-state index contributed by atoms with van der Waals surface area (Å²) in [6.45, 7) is 26.4. The van der Waals surface area contributed by atoms with Crippen molar-refractivity contribution in [1.29, 1.82) is 0 Å². The van der Waals surface area contributed by atoms with Crippen molar-refractivity contribution >= 4 is 0 Å². The van der Waals surface area contributed by atoms with Gasteiger partial charge in [-0.15, -0.1) is 0 Å². The Kier molecular flexibility index (Phi) is 24.2. The summed E-state index contributed by atoms with van der Waals surface area (Å²) in [6.07, 6.45) is 24.2. The Morgan fingerprint density at radius 1 is 0.867 bits per heavy atom. The summed E-state index contributed by atoms with van der Waals surface area (Å²) >= 11 is 0. The molecule has 180 valence electrons. The second-order valence-electron chi connectivity index (χ2n) is 10.5. The zero-order valence-corrected chi connectivity index (χ0v) is 23.3. The summed E-state index contributed by atoms with van der Waals surface area (Å²) in [6, 6.07) is 0. The van der Waals surface area contributed by atoms with Gasteiger partial charge in [0, 0.05) is 0 Å². The first-order chi connectivity index (χ1) is 14.0. The van der Waals surface area contributed by atoms with Crippen LogP contribution in [0, 0.1) is 22.7 Å². The topological polar surface area (TPSA) is 0 Å². The Labute approximate surface area is 193 Å². The van der Waals surface area contributed by atoms with Gasteiger partial charge in [-0.05, 0) is 68.1 Å². The van der Waals surface area contributed by atoms with Crippen molar-refractivity contribution in [2.45, 2.75) is 134 Å². The highest BCUT2D eigenvalue weighted by molar-refractivity contribution is 5.00. The monoisotopic (exact) mass is 420 g/mol. The van der Waals surface area contributed by atoms with Gasteiger partial charge in [0.25, 0.3) is 0 Å². The van der Waals surface area contributed by atoms with Crippen LogP contribution in [0.4, 0.5) is 0 Å². The molecule has 0 aromatic carbocycles. The highest BCUT2D eigenvalue weighted by atomic mass is 14.2. The van der Waals surface area contributed by atoms with Gasteiger partial charge in [0.1, 0.15) is 0 Å². The van der Waals surface area contributed by atoms with Gasteiger partial charge in [0.15, 0.2) is 0 Å². The number of rotatable bonds is 7. The quantitative estimate of drug-likeness (QED) is 0.359. The van der Waals surface area contributed by atoms with Crippen molar-refractivity contribution in [2.75, 3.05) is 0 Å². The third-order valence-corrected chi connectivity index (χ3v) is 4.87. The third kappa shape index (κ3) is 27.2. The lowest BCUT2D eigenvalue weighted by Crippen LogP contribution is -2.05. The van der Waals surface area contributed by atoms with Gasteiger partial charge in [-0.2, -0.15) is 0 Å². The molecule has 1 aliphatic carbocycles. The van der Waals surface area contributed by atoms with Gasteiger partial charge in [0.05, 0.1) is 0 Å². The lowest BCUT2D eigenvalue weighted by Gasteiger charge is -2.17. The number of allylic oxidation sites excluding steroid dienone is 6. The Hall–Kier alpha value is -0.780. The highest BCUT2D eigenvalue weighted by Gasteiger charge is 2.19. The van der Waals surface area contributed by atoms with Crippen molar-refractivity contribution in [3.05, 3.63) is 36.5 Å². The lowest BCUT2D eigenvalue weighted by molar-refractivity contribution is 0.381. The summed E-state index contributed by atoms with van der Waals surface area (Å²) < 4.78 is 0. The molecule has 0 radical (unpaired) electrons. The molecule has 0 aliphatic heterocycles. The van der Waals surface area contributed by atoms with E-state index in [1.54, 1.807) is 0 Å². The van der Waals surface area contributed by atoms with Crippen LogP contribution in [0.15, 0.2) is 36.5 Å². The van der Waals surface area contributed by atoms with Gasteiger partial charge in [-0.1, -0.05) is 125 Å². The van der Waals surface area contributed by atoms with Crippen molar-refractivity contribution < 1.29 is 0 Å². The Balaban J connectivity index is -0.000000421. The first-order valence-corrected chi connectivity index (χ1v) is 13.0. The van der Waals surface area contributed by atoms with Gasteiger partial charge < -0.3 is 0 Å². The molecule has 2 unspecified atom stereocenters. The van der Waals surface area contributed by atoms with E-state index >= 15 is 0 Å². The molecule has 0 aromatic heterocycles. The first-order valence-electron chi connectivity index (χ1n) is 13.0. The van der Waals surface area contributed by atoms with Crippen LogP contribution >= 0.6 is 0 Å². The number of hydrogen-bond acceptors (Lipinski definition) is 0. The lowest BCUT2D eigenvalue weighted by atomic mass is 9.88. The second kappa shape index (κ2) is 21.5. The molecule has 0 heterocycles. The fraction of sp³-hybridized carbons (Fsp3) is 0.800. The maximum atomic E-state index is 2.45. The van der Waals surface area contributed by atoms with E-state index in [1.807, 2.05) is 13.8 Å². The molecule has 0 bridgehead atoms. The van der Waals surface area contributed by atoms with Crippen LogP contribution in [0.3, 0.4) is 0 Å². The highest BCUT2D eigenvalue weighted by Crippen LogP contribution is 2.32. The molecule has 0 saturated heterocycles. The van der Waals surface area contributed by atoms with Gasteiger partial charge in [-0.3, -0.25) is 0 Å². The predicted octanol–water partition coefficient (Wildman–Crippen LogP) is 11.2. The Bertz CT molecular complexity index is 414. The molecule has 0 N–H and O–H groups in total. The van der Waals surface area contributed by atoms with E-state index in [4.69, 9.17) is 0 Å². The van der Waals surface area contributed by atoms with E-state index in [0.717, 1.165) is 11.8 Å². The average molecular weight is 421 g/mol. The average Bonchev–Trinajstić information content (AvgIpc) is 3.06. The van der Waals surface area contributed by atoms with Crippen molar-refractivity contribution in [3.63, 3.8) is 0 Å².